The number of H-pyrrole nitrogens is 1. The van der Waals surface area contributed by atoms with Crippen LogP contribution in [0.1, 0.15) is 44.1 Å². The average molecular weight is 784 g/mol. The summed E-state index contributed by atoms with van der Waals surface area (Å²) < 4.78 is 95.2. The lowest BCUT2D eigenvalue weighted by molar-refractivity contribution is -0.193. The Bertz CT molecular complexity index is 1620. The lowest BCUT2D eigenvalue weighted by Crippen LogP contribution is -2.54. The molecule has 296 valence electrons. The van der Waals surface area contributed by atoms with Gasteiger partial charge in [0.2, 0.25) is 0 Å². The highest BCUT2D eigenvalue weighted by Gasteiger charge is 2.39. The van der Waals surface area contributed by atoms with Crippen LogP contribution in [0.5, 0.6) is 0 Å². The van der Waals surface area contributed by atoms with E-state index in [1.165, 1.54) is 37.8 Å². The Balaban J connectivity index is 0.000000393. The van der Waals surface area contributed by atoms with Gasteiger partial charge in [-0.25, -0.2) is 19.4 Å². The molecule has 1 aliphatic heterocycles. The number of carboxylic acid groups (broad SMARTS) is 3. The summed E-state index contributed by atoms with van der Waals surface area (Å²) in [6, 6.07) is 17.5. The van der Waals surface area contributed by atoms with E-state index in [1.54, 1.807) is 0 Å². The minimum atomic E-state index is -5.08. The van der Waals surface area contributed by atoms with E-state index >= 15 is 0 Å². The number of carbonyl (C=O) groups is 3. The molecule has 5 rings (SSSR count). The number of benzene rings is 1. The van der Waals surface area contributed by atoms with Crippen LogP contribution in [0.25, 0.3) is 11.3 Å². The molecule has 3 heterocycles. The second kappa shape index (κ2) is 20.0. The van der Waals surface area contributed by atoms with E-state index in [-0.39, 0.29) is 0 Å². The van der Waals surface area contributed by atoms with Gasteiger partial charge in [-0.2, -0.15) is 49.9 Å². The second-order valence-electron chi connectivity index (χ2n) is 11.6. The van der Waals surface area contributed by atoms with Gasteiger partial charge in [-0.3, -0.25) is 5.10 Å². The van der Waals surface area contributed by atoms with Crippen LogP contribution in [-0.2, 0) is 14.4 Å². The van der Waals surface area contributed by atoms with Crippen molar-refractivity contribution in [3.63, 3.8) is 0 Å². The van der Waals surface area contributed by atoms with Gasteiger partial charge in [0.05, 0.1) is 17.3 Å². The molecule has 2 fully saturated rings. The lowest BCUT2D eigenvalue weighted by atomic mass is 9.89. The first-order chi connectivity index (χ1) is 25.1. The number of hydrogen-bond donors (Lipinski definition) is 6. The van der Waals surface area contributed by atoms with Gasteiger partial charge >= 0.3 is 36.4 Å². The van der Waals surface area contributed by atoms with Crippen molar-refractivity contribution in [3.05, 3.63) is 60.4 Å². The molecule has 1 aromatic carbocycles. The van der Waals surface area contributed by atoms with Gasteiger partial charge in [-0.15, -0.1) is 0 Å². The Labute approximate surface area is 300 Å². The van der Waals surface area contributed by atoms with Gasteiger partial charge < -0.3 is 30.9 Å². The maximum Gasteiger partial charge on any atom is 0.490 e. The number of piperidine rings is 1. The first-order valence-electron chi connectivity index (χ1n) is 15.8. The van der Waals surface area contributed by atoms with E-state index in [1.807, 2.05) is 36.7 Å². The molecule has 22 heteroatoms. The summed E-state index contributed by atoms with van der Waals surface area (Å²) in [6.45, 7) is 2.07. The minimum Gasteiger partial charge on any atom is -0.475 e. The number of anilines is 2. The van der Waals surface area contributed by atoms with Crippen LogP contribution in [0.2, 0.25) is 0 Å². The van der Waals surface area contributed by atoms with Gasteiger partial charge in [0.25, 0.3) is 0 Å². The molecule has 3 aromatic rings. The van der Waals surface area contributed by atoms with Gasteiger partial charge in [0.1, 0.15) is 5.82 Å². The number of aromatic amines is 1. The summed E-state index contributed by atoms with van der Waals surface area (Å²) in [7, 11) is 0. The molecule has 0 spiro atoms. The van der Waals surface area contributed by atoms with E-state index in [9.17, 15) is 39.5 Å². The fourth-order valence-corrected chi connectivity index (χ4v) is 5.18. The van der Waals surface area contributed by atoms with Crippen LogP contribution in [0.3, 0.4) is 0 Å². The van der Waals surface area contributed by atoms with Crippen LogP contribution >= 0.6 is 0 Å². The van der Waals surface area contributed by atoms with E-state index in [4.69, 9.17) is 35.0 Å². The Morgan fingerprint density at radius 3 is 1.81 bits per heavy atom. The van der Waals surface area contributed by atoms with E-state index < -0.39 is 36.4 Å². The zero-order chi connectivity index (χ0) is 40.7. The molecule has 54 heavy (non-hydrogen) atoms. The van der Waals surface area contributed by atoms with Crippen molar-refractivity contribution in [1.29, 1.82) is 5.26 Å². The topological polar surface area (TPSA) is 205 Å². The molecule has 2 aliphatic rings. The van der Waals surface area contributed by atoms with Crippen LogP contribution in [-0.4, -0.2) is 98.2 Å². The number of nitrogens with zero attached hydrogens (tertiary/aromatic N) is 4. The third-order valence-corrected chi connectivity index (χ3v) is 7.62. The zero-order valence-corrected chi connectivity index (χ0v) is 27.8. The molecule has 3 atom stereocenters. The number of nitriles is 1. The molecule has 6 N–H and O–H groups in total. The van der Waals surface area contributed by atoms with Crippen molar-refractivity contribution < 1.29 is 69.2 Å². The molecule has 1 saturated heterocycles. The molecular weight excluding hydrogens is 749 g/mol. The third kappa shape index (κ3) is 15.6. The molecule has 1 aliphatic carbocycles. The fraction of sp³-hybridized carbons (Fsp3) is 0.438. The number of aliphatic carboxylic acids is 3. The summed E-state index contributed by atoms with van der Waals surface area (Å²) in [5.74, 6) is -7.36. The molecular formula is C32H34F9N7O6. The summed E-state index contributed by atoms with van der Waals surface area (Å²) in [5, 5.41) is 45.3. The number of halogens is 9. The average Bonchev–Trinajstić information content (AvgIpc) is 3.65. The quantitative estimate of drug-likeness (QED) is 0.154. The largest absolute Gasteiger partial charge is 0.490 e. The molecule has 0 amide bonds. The van der Waals surface area contributed by atoms with Crippen LogP contribution < -0.4 is 15.5 Å². The summed E-state index contributed by atoms with van der Waals surface area (Å²) in [5.41, 5.74) is 3.92. The minimum absolute atomic E-state index is 0.367. The van der Waals surface area contributed by atoms with Gasteiger partial charge in [0, 0.05) is 54.9 Å². The van der Waals surface area contributed by atoms with Crippen molar-refractivity contribution in [3.8, 4) is 17.3 Å². The molecule has 2 aromatic heterocycles. The lowest BCUT2D eigenvalue weighted by Gasteiger charge is -2.40. The summed E-state index contributed by atoms with van der Waals surface area (Å²) >= 11 is 0. The smallest absolute Gasteiger partial charge is 0.475 e. The van der Waals surface area contributed by atoms with Gasteiger partial charge in [-0.1, -0.05) is 12.8 Å². The SMILES string of the molecule is N#Cc1ccc(N2CCC[C@H](N[C@@H]3CCCC[C@H]3Nc3cc(-c4cc[nH]n4)ccn3)C2)cc1.O=C(O)C(F)(F)F.O=C(O)C(F)(F)F.O=C(O)C(F)(F)F. The van der Waals surface area contributed by atoms with Crippen molar-refractivity contribution in [1.82, 2.24) is 20.5 Å². The molecule has 1 saturated carbocycles. The number of hydrogen-bond acceptors (Lipinski definition) is 9. The van der Waals surface area contributed by atoms with E-state index in [0.29, 0.717) is 23.7 Å². The maximum absolute atomic E-state index is 10.6. The zero-order valence-electron chi connectivity index (χ0n) is 27.8. The van der Waals surface area contributed by atoms with Crippen LogP contribution in [0.4, 0.5) is 51.0 Å². The van der Waals surface area contributed by atoms with Gasteiger partial charge in [-0.05, 0) is 68.1 Å². The summed E-state index contributed by atoms with van der Waals surface area (Å²) in [6.07, 6.45) is -4.33. The number of aromatic nitrogens is 3. The molecule has 0 unspecified atom stereocenters. The number of rotatable bonds is 6. The third-order valence-electron chi connectivity index (χ3n) is 7.62. The number of carboxylic acids is 3. The predicted molar refractivity (Wildman–Crippen MR) is 172 cm³/mol. The predicted octanol–water partition coefficient (Wildman–Crippen LogP) is 6.22. The van der Waals surface area contributed by atoms with Crippen LogP contribution in [0.15, 0.2) is 54.9 Å². The normalized spacial score (nSPS) is 18.5. The Hall–Kier alpha value is -5.59. The van der Waals surface area contributed by atoms with Crippen molar-refractivity contribution in [2.75, 3.05) is 23.3 Å². The number of nitrogens with one attached hydrogen (secondary N) is 3. The second-order valence-corrected chi connectivity index (χ2v) is 11.6. The monoisotopic (exact) mass is 783 g/mol. The van der Waals surface area contributed by atoms with Gasteiger partial charge in [0.15, 0.2) is 0 Å². The van der Waals surface area contributed by atoms with Crippen molar-refractivity contribution in [2.45, 2.75) is 75.2 Å². The van der Waals surface area contributed by atoms with E-state index in [0.717, 1.165) is 36.6 Å². The van der Waals surface area contributed by atoms with Crippen molar-refractivity contribution >= 4 is 29.4 Å². The number of pyridine rings is 1. The van der Waals surface area contributed by atoms with Crippen LogP contribution in [0, 0.1) is 11.3 Å². The highest BCUT2D eigenvalue weighted by atomic mass is 19.4. The first-order valence-corrected chi connectivity index (χ1v) is 15.8. The number of alkyl halides is 9. The van der Waals surface area contributed by atoms with E-state index in [2.05, 4.69) is 55.0 Å². The molecule has 13 nitrogen and oxygen atoms in total. The Morgan fingerprint density at radius 2 is 1.33 bits per heavy atom. The standard InChI is InChI=1S/C26H31N7.3C2HF3O2/c27-17-19-7-9-22(10-8-19)33-15-3-4-21(18-33)30-24-5-1-2-6-25(24)31-26-16-20(11-13-28-26)23-12-14-29-32-23;3*3-2(4,5)1(6)7/h7-14,16,21,24-25,30H,1-6,15,18H2,(H,28,31)(H,29,32);3*(H,6,7)/t21-,24+,25+;;;/m0.../s1. The highest BCUT2D eigenvalue weighted by molar-refractivity contribution is 5.73. The summed E-state index contributed by atoms with van der Waals surface area (Å²) in [4.78, 5) is 33.7. The van der Waals surface area contributed by atoms with Crippen molar-refractivity contribution in [2.24, 2.45) is 0 Å². The first kappa shape index (κ1) is 44.6. The Morgan fingerprint density at radius 1 is 0.796 bits per heavy atom. The fourth-order valence-electron chi connectivity index (χ4n) is 5.18. The maximum atomic E-state index is 10.6. The highest BCUT2D eigenvalue weighted by Crippen LogP contribution is 2.27. The molecule has 0 radical (unpaired) electrons. The Kier molecular flexibility index (Phi) is 16.5. The molecule has 0 bridgehead atoms.